The third kappa shape index (κ3) is 7.73. The van der Waals surface area contributed by atoms with Gasteiger partial charge in [0, 0.05) is 55.4 Å². The van der Waals surface area contributed by atoms with Gasteiger partial charge in [0.25, 0.3) is 5.91 Å². The van der Waals surface area contributed by atoms with Gasteiger partial charge in [-0.05, 0) is 84.5 Å². The average Bonchev–Trinajstić information content (AvgIpc) is 3.46. The van der Waals surface area contributed by atoms with E-state index in [1.807, 2.05) is 48.5 Å². The van der Waals surface area contributed by atoms with Gasteiger partial charge in [0.15, 0.2) is 0 Å². The van der Waals surface area contributed by atoms with Crippen molar-refractivity contribution < 1.29 is 22.7 Å². The van der Waals surface area contributed by atoms with Crippen LogP contribution < -0.4 is 15.0 Å². The van der Waals surface area contributed by atoms with Crippen molar-refractivity contribution in [2.45, 2.75) is 54.6 Å². The summed E-state index contributed by atoms with van der Waals surface area (Å²) in [6, 6.07) is 23.2. The van der Waals surface area contributed by atoms with Gasteiger partial charge < -0.3 is 15.0 Å². The molecule has 3 heterocycles. The van der Waals surface area contributed by atoms with Crippen LogP contribution in [0.3, 0.4) is 0 Å². The number of thiophene rings is 1. The number of rotatable bonds is 7. The standard InChI is InChI=1S/C34H32F3IN4O2S/c35-34(36,37)25-5-7-27(8-6-25)41-14-11-28(12-15-41)44-29-9-4-24-17-31(45-30(24)19-29)33(43)40-26-10-13-42(32(38)18-26)21-23-3-1-2-22(16-23)20-39/h1-9,16-17,19,26,28,32H,10-15,18,21H2,(H,40,43). The fourth-order valence-electron chi connectivity index (χ4n) is 5.99. The Morgan fingerprint density at radius 1 is 1.02 bits per heavy atom. The van der Waals surface area contributed by atoms with E-state index < -0.39 is 11.7 Å². The third-order valence-electron chi connectivity index (χ3n) is 8.44. The largest absolute Gasteiger partial charge is 0.490 e. The molecular formula is C34H32F3IN4O2S. The summed E-state index contributed by atoms with van der Waals surface area (Å²) in [6.07, 6.45) is -1.08. The molecule has 2 atom stereocenters. The van der Waals surface area contributed by atoms with Gasteiger partial charge in [-0.3, -0.25) is 9.69 Å². The molecule has 234 valence electrons. The van der Waals surface area contributed by atoms with Crippen LogP contribution in [0.5, 0.6) is 5.75 Å². The molecule has 2 saturated heterocycles. The molecule has 0 spiro atoms. The highest BCUT2D eigenvalue weighted by atomic mass is 127. The number of hydrogen-bond donors (Lipinski definition) is 1. The zero-order chi connectivity index (χ0) is 31.6. The maximum atomic E-state index is 13.2. The molecule has 6 rings (SSSR count). The van der Waals surface area contributed by atoms with Crippen molar-refractivity contribution in [1.29, 1.82) is 5.26 Å². The first-order chi connectivity index (χ1) is 21.6. The summed E-state index contributed by atoms with van der Waals surface area (Å²) < 4.78 is 46.2. The average molecular weight is 745 g/mol. The molecule has 2 aliphatic rings. The van der Waals surface area contributed by atoms with Gasteiger partial charge in [0.2, 0.25) is 0 Å². The number of piperidine rings is 2. The van der Waals surface area contributed by atoms with E-state index >= 15 is 0 Å². The summed E-state index contributed by atoms with van der Waals surface area (Å²) in [5.74, 6) is 0.697. The fourth-order valence-corrected chi connectivity index (χ4v) is 8.07. The molecule has 0 aliphatic carbocycles. The zero-order valence-corrected chi connectivity index (χ0v) is 27.4. The molecule has 3 aromatic carbocycles. The van der Waals surface area contributed by atoms with Gasteiger partial charge in [0.1, 0.15) is 11.9 Å². The molecule has 1 aromatic heterocycles. The Hall–Kier alpha value is -3.34. The van der Waals surface area contributed by atoms with E-state index in [1.165, 1.54) is 23.5 Å². The van der Waals surface area contributed by atoms with Gasteiger partial charge in [0.05, 0.1) is 26.1 Å². The minimum Gasteiger partial charge on any atom is -0.490 e. The molecule has 0 bridgehead atoms. The first kappa shape index (κ1) is 31.6. The van der Waals surface area contributed by atoms with Crippen LogP contribution in [0.4, 0.5) is 18.9 Å². The molecule has 1 amide bonds. The Kier molecular flexibility index (Phi) is 9.54. The molecular weight excluding hydrogens is 712 g/mol. The van der Waals surface area contributed by atoms with Crippen molar-refractivity contribution in [2.24, 2.45) is 0 Å². The number of benzene rings is 3. The molecule has 0 radical (unpaired) electrons. The molecule has 0 saturated carbocycles. The topological polar surface area (TPSA) is 68.6 Å². The summed E-state index contributed by atoms with van der Waals surface area (Å²) >= 11 is 3.90. The SMILES string of the molecule is N#Cc1cccc(CN2CCC(NC(=O)c3cc4ccc(OC5CCN(c6ccc(C(F)(F)F)cc6)CC5)cc4s3)CC2I)c1. The molecule has 2 aliphatic heterocycles. The second-order valence-corrected chi connectivity index (χ2v) is 14.1. The van der Waals surface area contributed by atoms with Crippen LogP contribution in [-0.2, 0) is 12.7 Å². The Morgan fingerprint density at radius 3 is 2.51 bits per heavy atom. The maximum absolute atomic E-state index is 13.2. The smallest absolute Gasteiger partial charge is 0.416 e. The number of carbonyl (C=O) groups is 1. The van der Waals surface area contributed by atoms with Crippen LogP contribution >= 0.6 is 33.9 Å². The predicted molar refractivity (Wildman–Crippen MR) is 179 cm³/mol. The highest BCUT2D eigenvalue weighted by Crippen LogP contribution is 2.33. The second kappa shape index (κ2) is 13.6. The number of anilines is 1. The monoisotopic (exact) mass is 744 g/mol. The first-order valence-corrected chi connectivity index (χ1v) is 17.0. The number of likely N-dealkylation sites (tertiary alicyclic amines) is 1. The summed E-state index contributed by atoms with van der Waals surface area (Å²) in [5, 5.41) is 13.4. The Balaban J connectivity index is 0.999. The number of ether oxygens (including phenoxy) is 1. The van der Waals surface area contributed by atoms with E-state index in [9.17, 15) is 23.2 Å². The summed E-state index contributed by atoms with van der Waals surface area (Å²) in [6.45, 7) is 3.05. The van der Waals surface area contributed by atoms with Gasteiger partial charge in [-0.15, -0.1) is 11.3 Å². The van der Waals surface area contributed by atoms with Crippen molar-refractivity contribution >= 4 is 55.6 Å². The number of halogens is 4. The quantitative estimate of drug-likeness (QED) is 0.118. The Morgan fingerprint density at radius 2 is 1.80 bits per heavy atom. The number of fused-ring (bicyclic) bond motifs is 1. The summed E-state index contributed by atoms with van der Waals surface area (Å²) in [5.41, 5.74) is 1.94. The minimum absolute atomic E-state index is 0.0123. The van der Waals surface area contributed by atoms with Crippen LogP contribution in [0.2, 0.25) is 0 Å². The Bertz CT molecular complexity index is 1700. The normalized spacial score (nSPS) is 19.8. The van der Waals surface area contributed by atoms with E-state index in [0.29, 0.717) is 23.5 Å². The number of nitriles is 1. The van der Waals surface area contributed by atoms with E-state index in [4.69, 9.17) is 4.74 Å². The van der Waals surface area contributed by atoms with Gasteiger partial charge in [-0.2, -0.15) is 18.4 Å². The fraction of sp³-hybridized carbons (Fsp3) is 0.353. The molecule has 6 nitrogen and oxygen atoms in total. The molecule has 1 N–H and O–H groups in total. The van der Waals surface area contributed by atoms with Gasteiger partial charge in [-0.25, -0.2) is 0 Å². The van der Waals surface area contributed by atoms with Crippen LogP contribution in [0, 0.1) is 11.3 Å². The second-order valence-electron chi connectivity index (χ2n) is 11.6. The zero-order valence-electron chi connectivity index (χ0n) is 24.4. The van der Waals surface area contributed by atoms with Gasteiger partial charge in [-0.1, -0.05) is 34.7 Å². The van der Waals surface area contributed by atoms with Gasteiger partial charge >= 0.3 is 6.18 Å². The lowest BCUT2D eigenvalue weighted by molar-refractivity contribution is -0.137. The van der Waals surface area contributed by atoms with Crippen molar-refractivity contribution in [3.63, 3.8) is 0 Å². The molecule has 4 aromatic rings. The van der Waals surface area contributed by atoms with Crippen molar-refractivity contribution in [1.82, 2.24) is 10.2 Å². The van der Waals surface area contributed by atoms with Crippen molar-refractivity contribution in [2.75, 3.05) is 24.5 Å². The van der Waals surface area contributed by atoms with E-state index in [-0.39, 0.29) is 22.1 Å². The summed E-state index contributed by atoms with van der Waals surface area (Å²) in [4.78, 5) is 18.4. The lowest BCUT2D eigenvalue weighted by Crippen LogP contribution is -2.47. The number of nitrogens with zero attached hydrogens (tertiary/aromatic N) is 3. The highest BCUT2D eigenvalue weighted by molar-refractivity contribution is 14.1. The predicted octanol–water partition coefficient (Wildman–Crippen LogP) is 8.00. The first-order valence-electron chi connectivity index (χ1n) is 14.9. The lowest BCUT2D eigenvalue weighted by Gasteiger charge is -2.36. The van der Waals surface area contributed by atoms with Crippen LogP contribution in [0.1, 0.15) is 52.0 Å². The maximum Gasteiger partial charge on any atom is 0.416 e. The van der Waals surface area contributed by atoms with E-state index in [0.717, 1.165) is 78.0 Å². The number of alkyl halides is 4. The molecule has 2 fully saturated rings. The highest BCUT2D eigenvalue weighted by Gasteiger charge is 2.31. The number of amides is 1. The number of carbonyl (C=O) groups excluding carboxylic acids is 1. The molecule has 11 heteroatoms. The summed E-state index contributed by atoms with van der Waals surface area (Å²) in [7, 11) is 0. The van der Waals surface area contributed by atoms with Crippen molar-refractivity contribution in [3.05, 3.63) is 94.4 Å². The van der Waals surface area contributed by atoms with Crippen LogP contribution in [0.15, 0.2) is 72.8 Å². The van der Waals surface area contributed by atoms with E-state index in [1.54, 1.807) is 0 Å². The van der Waals surface area contributed by atoms with Crippen molar-refractivity contribution in [3.8, 4) is 11.8 Å². The van der Waals surface area contributed by atoms with Crippen LogP contribution in [-0.4, -0.2) is 46.6 Å². The number of hydrogen-bond acceptors (Lipinski definition) is 6. The third-order valence-corrected chi connectivity index (χ3v) is 10.8. The molecule has 2 unspecified atom stereocenters. The Labute approximate surface area is 277 Å². The number of nitrogens with one attached hydrogen (secondary N) is 1. The minimum atomic E-state index is -4.33. The van der Waals surface area contributed by atoms with E-state index in [2.05, 4.69) is 43.8 Å². The lowest BCUT2D eigenvalue weighted by atomic mass is 10.0. The molecule has 45 heavy (non-hydrogen) atoms. The van der Waals surface area contributed by atoms with Crippen LogP contribution in [0.25, 0.3) is 10.1 Å².